The number of carbonyl (C=O) groups is 2. The van der Waals surface area contributed by atoms with Crippen molar-refractivity contribution in [1.29, 1.82) is 0 Å². The molecule has 0 spiro atoms. The second-order valence-corrected chi connectivity index (χ2v) is 8.81. The summed E-state index contributed by atoms with van der Waals surface area (Å²) in [5, 5.41) is 0. The van der Waals surface area contributed by atoms with Gasteiger partial charge < -0.3 is 13.7 Å². The van der Waals surface area contributed by atoms with Crippen LogP contribution in [-0.2, 0) is 28.9 Å². The smallest absolute Gasteiger partial charge is 0.595 e. The van der Waals surface area contributed by atoms with Gasteiger partial charge in [-0.25, -0.2) is 8.42 Å². The van der Waals surface area contributed by atoms with Gasteiger partial charge in [0.1, 0.15) is 13.1 Å². The van der Waals surface area contributed by atoms with Gasteiger partial charge in [-0.3, -0.25) is 13.6 Å². The van der Waals surface area contributed by atoms with E-state index in [0.29, 0.717) is 0 Å². The number of aromatic nitrogens is 1. The normalized spacial score (nSPS) is 27.9. The van der Waals surface area contributed by atoms with E-state index in [9.17, 15) is 18.0 Å². The van der Waals surface area contributed by atoms with Crippen LogP contribution in [-0.4, -0.2) is 55.5 Å². The Morgan fingerprint density at radius 2 is 1.62 bits per heavy atom. The van der Waals surface area contributed by atoms with Gasteiger partial charge in [0, 0.05) is 18.8 Å². The third kappa shape index (κ3) is 2.15. The highest BCUT2D eigenvalue weighted by Gasteiger charge is 2.68. The van der Waals surface area contributed by atoms with E-state index < -0.39 is 28.6 Å². The van der Waals surface area contributed by atoms with Crippen LogP contribution >= 0.6 is 0 Å². The highest BCUT2D eigenvalue weighted by Crippen LogP contribution is 2.34. The standard InChI is InChI=1S/C16H17BN2O6S/c1-12-5-7-13(8-6-12)26(22,23)18-9-3-4-14(18)17-19(2,10-15(20)24-17)11-16(21)25-17/h3-9H,10-11H2,1-2H3. The maximum Gasteiger partial charge on any atom is 0.631 e. The first-order chi connectivity index (χ1) is 12.2. The van der Waals surface area contributed by atoms with E-state index in [1.54, 1.807) is 19.2 Å². The SMILES string of the molecule is Cc1ccc(S(=O)(=O)n2cccc2[B-]23OC(=O)C[N+]2(C)CC(=O)O3)cc1. The average Bonchev–Trinajstić information content (AvgIpc) is 3.17. The number of likely N-dealkylation sites (N-methyl/N-ethyl adjacent to an activating group) is 1. The number of fused-ring (bicyclic) bond motifs is 1. The van der Waals surface area contributed by atoms with Crippen LogP contribution < -0.4 is 5.59 Å². The molecule has 0 unspecified atom stereocenters. The first-order valence-corrected chi connectivity index (χ1v) is 9.54. The molecule has 136 valence electrons. The van der Waals surface area contributed by atoms with Crippen LogP contribution in [0.15, 0.2) is 47.5 Å². The molecule has 2 aliphatic heterocycles. The summed E-state index contributed by atoms with van der Waals surface area (Å²) in [6.07, 6.45) is 1.36. The Bertz CT molecular complexity index is 1010. The average molecular weight is 376 g/mol. The van der Waals surface area contributed by atoms with Crippen LogP contribution in [0.5, 0.6) is 0 Å². The zero-order valence-electron chi connectivity index (χ0n) is 14.3. The third-order valence-electron chi connectivity index (χ3n) is 5.08. The summed E-state index contributed by atoms with van der Waals surface area (Å²) in [6, 6.07) is 9.46. The number of hydrogen-bond donors (Lipinski definition) is 0. The molecule has 0 bridgehead atoms. The van der Waals surface area contributed by atoms with Gasteiger partial charge in [0.25, 0.3) is 10.0 Å². The lowest BCUT2D eigenvalue weighted by molar-refractivity contribution is -0.791. The summed E-state index contributed by atoms with van der Waals surface area (Å²) < 4.78 is 38.1. The summed E-state index contributed by atoms with van der Waals surface area (Å²) >= 11 is 0. The number of rotatable bonds is 3. The Balaban J connectivity index is 1.89. The van der Waals surface area contributed by atoms with Crippen molar-refractivity contribution in [2.24, 2.45) is 0 Å². The van der Waals surface area contributed by atoms with Crippen molar-refractivity contribution < 1.29 is 31.7 Å². The van der Waals surface area contributed by atoms with Crippen molar-refractivity contribution in [3.8, 4) is 0 Å². The van der Waals surface area contributed by atoms with Crippen LogP contribution in [0.1, 0.15) is 5.56 Å². The van der Waals surface area contributed by atoms with E-state index >= 15 is 0 Å². The maximum atomic E-state index is 13.1. The summed E-state index contributed by atoms with van der Waals surface area (Å²) in [4.78, 5) is 24.0. The van der Waals surface area contributed by atoms with Gasteiger partial charge in [-0.2, -0.15) is 0 Å². The molecule has 4 rings (SSSR count). The fourth-order valence-electron chi connectivity index (χ4n) is 3.74. The lowest BCUT2D eigenvalue weighted by Crippen LogP contribution is -2.69. The van der Waals surface area contributed by atoms with Gasteiger partial charge >= 0.3 is 18.6 Å². The van der Waals surface area contributed by atoms with Crippen molar-refractivity contribution in [2.45, 2.75) is 11.8 Å². The summed E-state index contributed by atoms with van der Waals surface area (Å²) in [5.74, 6) is -1.05. The van der Waals surface area contributed by atoms with Crippen LogP contribution in [0.2, 0.25) is 0 Å². The molecule has 0 atom stereocenters. The minimum Gasteiger partial charge on any atom is -0.595 e. The Morgan fingerprint density at radius 3 is 2.19 bits per heavy atom. The monoisotopic (exact) mass is 376 g/mol. The molecule has 2 aliphatic rings. The van der Waals surface area contributed by atoms with Crippen LogP contribution in [0.3, 0.4) is 0 Å². The molecule has 0 N–H and O–H groups in total. The number of hydrogen-bond acceptors (Lipinski definition) is 6. The molecular formula is C16H17BN2O6S. The molecule has 0 aliphatic carbocycles. The molecule has 0 saturated carbocycles. The van der Waals surface area contributed by atoms with Crippen molar-refractivity contribution in [3.63, 3.8) is 0 Å². The Kier molecular flexibility index (Phi) is 3.38. The van der Waals surface area contributed by atoms with Crippen LogP contribution in [0.4, 0.5) is 0 Å². The van der Waals surface area contributed by atoms with Gasteiger partial charge in [-0.15, -0.1) is 0 Å². The van der Waals surface area contributed by atoms with Gasteiger partial charge in [-0.05, 0) is 25.1 Å². The fraction of sp³-hybridized carbons (Fsp3) is 0.250. The molecule has 2 fully saturated rings. The zero-order chi connectivity index (χ0) is 18.7. The molecule has 26 heavy (non-hydrogen) atoms. The lowest BCUT2D eigenvalue weighted by Gasteiger charge is -2.39. The van der Waals surface area contributed by atoms with Crippen LogP contribution in [0.25, 0.3) is 0 Å². The minimum atomic E-state index is -3.95. The fourth-order valence-corrected chi connectivity index (χ4v) is 5.15. The van der Waals surface area contributed by atoms with Gasteiger partial charge in [0.05, 0.1) is 4.90 Å². The quantitative estimate of drug-likeness (QED) is 0.686. The first kappa shape index (κ1) is 16.9. The summed E-state index contributed by atoms with van der Waals surface area (Å²) in [7, 11) is -2.29. The molecule has 8 nitrogen and oxygen atoms in total. The van der Waals surface area contributed by atoms with Crippen molar-refractivity contribution in [1.82, 2.24) is 3.97 Å². The Labute approximate surface area is 150 Å². The largest absolute Gasteiger partial charge is 0.631 e. The van der Waals surface area contributed by atoms with E-state index in [1.807, 2.05) is 6.92 Å². The molecule has 2 aromatic rings. The summed E-state index contributed by atoms with van der Waals surface area (Å²) in [6.45, 7) is -0.878. The van der Waals surface area contributed by atoms with Gasteiger partial charge in [0.2, 0.25) is 0 Å². The second kappa shape index (κ2) is 5.21. The van der Waals surface area contributed by atoms with E-state index in [1.165, 1.54) is 30.5 Å². The lowest BCUT2D eigenvalue weighted by atomic mass is 9.65. The highest BCUT2D eigenvalue weighted by molar-refractivity contribution is 7.90. The van der Waals surface area contributed by atoms with Crippen molar-refractivity contribution in [2.75, 3.05) is 20.1 Å². The number of nitrogens with zero attached hydrogens (tertiary/aromatic N) is 2. The zero-order valence-corrected chi connectivity index (χ0v) is 15.1. The predicted molar refractivity (Wildman–Crippen MR) is 91.7 cm³/mol. The van der Waals surface area contributed by atoms with Gasteiger partial charge in [-0.1, -0.05) is 23.8 Å². The van der Waals surface area contributed by atoms with E-state index in [-0.39, 0.29) is 28.0 Å². The van der Waals surface area contributed by atoms with E-state index in [4.69, 9.17) is 9.31 Å². The Morgan fingerprint density at radius 1 is 1.04 bits per heavy atom. The highest BCUT2D eigenvalue weighted by atomic mass is 32.2. The topological polar surface area (TPSA) is 91.7 Å². The van der Waals surface area contributed by atoms with Gasteiger partial charge in [0.15, 0.2) is 0 Å². The predicted octanol–water partition coefficient (Wildman–Crippen LogP) is -0.260. The van der Waals surface area contributed by atoms with Crippen molar-refractivity contribution >= 4 is 34.2 Å². The molecule has 3 heterocycles. The molecule has 0 radical (unpaired) electrons. The summed E-state index contributed by atoms with van der Waals surface area (Å²) in [5.41, 5.74) is 1.07. The minimum absolute atomic E-state index is 0.0541. The first-order valence-electron chi connectivity index (χ1n) is 8.10. The molecule has 10 heteroatoms. The molecule has 2 saturated heterocycles. The Hall–Kier alpha value is -2.59. The maximum absolute atomic E-state index is 13.1. The van der Waals surface area contributed by atoms with Crippen LogP contribution in [0, 0.1) is 6.92 Å². The number of benzene rings is 1. The van der Waals surface area contributed by atoms with E-state index in [2.05, 4.69) is 0 Å². The number of aryl methyl sites for hydroxylation is 1. The molecule has 1 aromatic heterocycles. The molecule has 0 amide bonds. The molecular weight excluding hydrogens is 359 g/mol. The second-order valence-electron chi connectivity index (χ2n) is 6.99. The number of carbonyl (C=O) groups excluding carboxylic acids is 2. The van der Waals surface area contributed by atoms with E-state index in [0.717, 1.165) is 9.54 Å². The van der Waals surface area contributed by atoms with Crippen molar-refractivity contribution in [3.05, 3.63) is 48.2 Å². The molecule has 1 aromatic carbocycles. The number of quaternary nitrogens is 1. The third-order valence-corrected chi connectivity index (χ3v) is 6.80.